The van der Waals surface area contributed by atoms with Crippen molar-refractivity contribution < 1.29 is 13.2 Å². The predicted octanol–water partition coefficient (Wildman–Crippen LogP) is 3.16. The third kappa shape index (κ3) is 2.18. The zero-order valence-electron chi connectivity index (χ0n) is 8.07. The molecule has 2 aromatic rings. The van der Waals surface area contributed by atoms with E-state index in [1.807, 2.05) is 0 Å². The topological polar surface area (TPSA) is 25.8 Å². The Kier molecular flexibility index (Phi) is 2.60. The van der Waals surface area contributed by atoms with E-state index < -0.39 is 11.7 Å². The summed E-state index contributed by atoms with van der Waals surface area (Å²) in [6.07, 6.45) is -0.383. The third-order valence-corrected chi connectivity index (χ3v) is 2.05. The van der Waals surface area contributed by atoms with Crippen LogP contribution >= 0.6 is 0 Å². The summed E-state index contributed by atoms with van der Waals surface area (Å²) in [6.45, 7) is 0. The molecule has 2 nitrogen and oxygen atoms in total. The summed E-state index contributed by atoms with van der Waals surface area (Å²) >= 11 is 0. The summed E-state index contributed by atoms with van der Waals surface area (Å²) < 4.78 is 36.8. The van der Waals surface area contributed by atoms with Crippen molar-refractivity contribution in [1.82, 2.24) is 9.97 Å². The fraction of sp³-hybridized carbons (Fsp3) is 0.0909. The minimum absolute atomic E-state index is 0.473. The van der Waals surface area contributed by atoms with Crippen molar-refractivity contribution in [3.05, 3.63) is 48.4 Å². The lowest BCUT2D eigenvalue weighted by Crippen LogP contribution is -2.05. The molecule has 16 heavy (non-hydrogen) atoms. The zero-order chi connectivity index (χ0) is 11.6. The molecule has 5 heteroatoms. The van der Waals surface area contributed by atoms with Gasteiger partial charge in [-0.25, -0.2) is 0 Å². The molecule has 0 atom stereocenters. The molecule has 0 aromatic carbocycles. The van der Waals surface area contributed by atoms with E-state index in [0.717, 1.165) is 12.3 Å². The molecule has 2 heterocycles. The number of alkyl halides is 3. The molecule has 0 N–H and O–H groups in total. The lowest BCUT2D eigenvalue weighted by Gasteiger charge is -2.06. The molecule has 2 aromatic heterocycles. The molecule has 0 unspecified atom stereocenters. The molecule has 0 radical (unpaired) electrons. The molecule has 2 rings (SSSR count). The van der Waals surface area contributed by atoms with Crippen molar-refractivity contribution in [3.63, 3.8) is 0 Å². The Hall–Kier alpha value is -1.91. The minimum Gasteiger partial charge on any atom is -0.264 e. The van der Waals surface area contributed by atoms with Gasteiger partial charge in [0.2, 0.25) is 0 Å². The molecule has 0 aliphatic carbocycles. The number of hydrogen-bond acceptors (Lipinski definition) is 2. The van der Waals surface area contributed by atoms with Crippen LogP contribution in [0, 0.1) is 0 Å². The van der Waals surface area contributed by atoms with Crippen molar-refractivity contribution in [2.24, 2.45) is 0 Å². The number of nitrogens with zero attached hydrogens (tertiary/aromatic N) is 2. The Labute approximate surface area is 89.8 Å². The standard InChI is InChI=1S/C11H7F3N2/c12-11(13,14)9-3-4-10(16-7-9)8-2-1-5-15-6-8/h1-7H. The quantitative estimate of drug-likeness (QED) is 0.743. The SMILES string of the molecule is FC(F)(F)c1ccc(-c2cccnc2)nc1. The lowest BCUT2D eigenvalue weighted by atomic mass is 10.1. The van der Waals surface area contributed by atoms with E-state index in [4.69, 9.17) is 0 Å². The van der Waals surface area contributed by atoms with Crippen LogP contribution in [0.3, 0.4) is 0 Å². The molecule has 0 aliphatic heterocycles. The number of halogens is 3. The number of rotatable bonds is 1. The Balaban J connectivity index is 2.34. The van der Waals surface area contributed by atoms with Gasteiger partial charge in [0.05, 0.1) is 11.3 Å². The van der Waals surface area contributed by atoms with E-state index in [1.54, 1.807) is 24.5 Å². The van der Waals surface area contributed by atoms with Gasteiger partial charge in [-0.15, -0.1) is 0 Å². The smallest absolute Gasteiger partial charge is 0.264 e. The second-order valence-electron chi connectivity index (χ2n) is 3.17. The molecule has 0 aliphatic rings. The van der Waals surface area contributed by atoms with Crippen LogP contribution in [0.5, 0.6) is 0 Å². The molecular weight excluding hydrogens is 217 g/mol. The van der Waals surface area contributed by atoms with E-state index in [1.165, 1.54) is 6.07 Å². The van der Waals surface area contributed by atoms with Crippen LogP contribution in [0.25, 0.3) is 11.3 Å². The van der Waals surface area contributed by atoms with E-state index in [0.29, 0.717) is 11.3 Å². The second-order valence-corrected chi connectivity index (χ2v) is 3.17. The third-order valence-electron chi connectivity index (χ3n) is 2.05. The summed E-state index contributed by atoms with van der Waals surface area (Å²) in [7, 11) is 0. The van der Waals surface area contributed by atoms with E-state index in [-0.39, 0.29) is 0 Å². The van der Waals surface area contributed by atoms with Gasteiger partial charge in [0.1, 0.15) is 0 Å². The normalized spacial score (nSPS) is 11.4. The molecule has 0 bridgehead atoms. The number of pyridine rings is 2. The van der Waals surface area contributed by atoms with Crippen LogP contribution in [0.4, 0.5) is 13.2 Å². The van der Waals surface area contributed by atoms with Crippen molar-refractivity contribution in [2.75, 3.05) is 0 Å². The molecule has 0 amide bonds. The molecule has 0 saturated carbocycles. The van der Waals surface area contributed by atoms with Gasteiger partial charge >= 0.3 is 6.18 Å². The molecule has 0 saturated heterocycles. The number of hydrogen-bond donors (Lipinski definition) is 0. The Bertz CT molecular complexity index is 463. The Morgan fingerprint density at radius 1 is 1.00 bits per heavy atom. The largest absolute Gasteiger partial charge is 0.417 e. The van der Waals surface area contributed by atoms with Gasteiger partial charge in [-0.1, -0.05) is 0 Å². The van der Waals surface area contributed by atoms with Crippen LogP contribution < -0.4 is 0 Å². The first-order valence-corrected chi connectivity index (χ1v) is 4.51. The van der Waals surface area contributed by atoms with Gasteiger partial charge in [0, 0.05) is 24.2 Å². The molecule has 0 spiro atoms. The van der Waals surface area contributed by atoms with Crippen molar-refractivity contribution in [1.29, 1.82) is 0 Å². The maximum atomic E-state index is 12.3. The number of aromatic nitrogens is 2. The summed E-state index contributed by atoms with van der Waals surface area (Å²) in [4.78, 5) is 7.63. The maximum Gasteiger partial charge on any atom is 0.417 e. The first kappa shape index (κ1) is 10.6. The average molecular weight is 224 g/mol. The van der Waals surface area contributed by atoms with Crippen molar-refractivity contribution in [2.45, 2.75) is 6.18 Å². The first-order chi connectivity index (χ1) is 7.57. The summed E-state index contributed by atoms with van der Waals surface area (Å²) in [6, 6.07) is 5.78. The highest BCUT2D eigenvalue weighted by Gasteiger charge is 2.30. The summed E-state index contributed by atoms with van der Waals surface area (Å²) in [5.74, 6) is 0. The maximum absolute atomic E-state index is 12.3. The highest BCUT2D eigenvalue weighted by molar-refractivity contribution is 5.57. The lowest BCUT2D eigenvalue weighted by molar-refractivity contribution is -0.137. The van der Waals surface area contributed by atoms with Gasteiger partial charge in [0.15, 0.2) is 0 Å². The molecular formula is C11H7F3N2. The van der Waals surface area contributed by atoms with Crippen LogP contribution in [-0.4, -0.2) is 9.97 Å². The van der Waals surface area contributed by atoms with E-state index >= 15 is 0 Å². The van der Waals surface area contributed by atoms with Crippen molar-refractivity contribution >= 4 is 0 Å². The van der Waals surface area contributed by atoms with Crippen LogP contribution in [-0.2, 0) is 6.18 Å². The van der Waals surface area contributed by atoms with E-state index in [2.05, 4.69) is 9.97 Å². The van der Waals surface area contributed by atoms with Gasteiger partial charge < -0.3 is 0 Å². The highest BCUT2D eigenvalue weighted by Crippen LogP contribution is 2.29. The predicted molar refractivity (Wildman–Crippen MR) is 52.5 cm³/mol. The van der Waals surface area contributed by atoms with E-state index in [9.17, 15) is 13.2 Å². The average Bonchev–Trinajstić information content (AvgIpc) is 2.29. The second kappa shape index (κ2) is 3.92. The van der Waals surface area contributed by atoms with Crippen LogP contribution in [0.2, 0.25) is 0 Å². The van der Waals surface area contributed by atoms with Gasteiger partial charge in [0.25, 0.3) is 0 Å². The van der Waals surface area contributed by atoms with Gasteiger partial charge in [-0.2, -0.15) is 13.2 Å². The molecule has 0 fully saturated rings. The molecule has 82 valence electrons. The fourth-order valence-corrected chi connectivity index (χ4v) is 1.25. The van der Waals surface area contributed by atoms with Crippen LogP contribution in [0.15, 0.2) is 42.9 Å². The zero-order valence-corrected chi connectivity index (χ0v) is 8.07. The van der Waals surface area contributed by atoms with Gasteiger partial charge in [-0.05, 0) is 24.3 Å². The Morgan fingerprint density at radius 3 is 2.31 bits per heavy atom. The first-order valence-electron chi connectivity index (χ1n) is 4.51. The highest BCUT2D eigenvalue weighted by atomic mass is 19.4. The monoisotopic (exact) mass is 224 g/mol. The summed E-state index contributed by atoms with van der Waals surface area (Å²) in [5, 5.41) is 0. The summed E-state index contributed by atoms with van der Waals surface area (Å²) in [5.41, 5.74) is 0.414. The minimum atomic E-state index is -4.35. The van der Waals surface area contributed by atoms with Gasteiger partial charge in [-0.3, -0.25) is 9.97 Å². The Morgan fingerprint density at radius 2 is 1.81 bits per heavy atom. The van der Waals surface area contributed by atoms with Crippen molar-refractivity contribution in [3.8, 4) is 11.3 Å². The fourth-order valence-electron chi connectivity index (χ4n) is 1.25. The van der Waals surface area contributed by atoms with Crippen LogP contribution in [0.1, 0.15) is 5.56 Å².